The first-order valence-corrected chi connectivity index (χ1v) is 7.28. The third kappa shape index (κ3) is 3.95. The molecule has 0 aromatic carbocycles. The fourth-order valence-corrected chi connectivity index (χ4v) is 2.71. The van der Waals surface area contributed by atoms with E-state index in [9.17, 15) is 9.59 Å². The van der Waals surface area contributed by atoms with Crippen LogP contribution in [0.2, 0.25) is 0 Å². The highest BCUT2D eigenvalue weighted by atomic mass is 16.6. The molecule has 5 heteroatoms. The molecule has 1 rings (SSSR count). The third-order valence-electron chi connectivity index (χ3n) is 3.76. The molecule has 20 heavy (non-hydrogen) atoms. The Bertz CT molecular complexity index is 363. The van der Waals surface area contributed by atoms with Crippen molar-refractivity contribution in [3.63, 3.8) is 0 Å². The number of rotatable bonds is 5. The summed E-state index contributed by atoms with van der Waals surface area (Å²) < 4.78 is 16.1. The molecule has 2 atom stereocenters. The molecule has 1 fully saturated rings. The molecule has 1 aliphatic heterocycles. The number of ether oxygens (including phenoxy) is 3. The average molecular weight is 286 g/mol. The molecule has 116 valence electrons. The zero-order valence-corrected chi connectivity index (χ0v) is 13.2. The number of hydrogen-bond acceptors (Lipinski definition) is 5. The van der Waals surface area contributed by atoms with Crippen molar-refractivity contribution in [2.45, 2.75) is 65.1 Å². The lowest BCUT2D eigenvalue weighted by Gasteiger charge is -2.46. The Balaban J connectivity index is 2.89. The molecule has 5 nitrogen and oxygen atoms in total. The van der Waals surface area contributed by atoms with Gasteiger partial charge < -0.3 is 14.2 Å². The van der Waals surface area contributed by atoms with E-state index in [-0.39, 0.29) is 18.3 Å². The standard InChI is InChI=1S/C15H26O5/c1-6-18-12(16)10-11-8-9-14(3,4)20-15(11,5)13(17)19-7-2/h11H,6-10H2,1-5H3/t11-,15+/m1/s1. The van der Waals surface area contributed by atoms with Gasteiger partial charge in [-0.25, -0.2) is 4.79 Å². The van der Waals surface area contributed by atoms with Crippen LogP contribution in [0.3, 0.4) is 0 Å². The second-order valence-corrected chi connectivity index (χ2v) is 5.93. The maximum atomic E-state index is 12.3. The van der Waals surface area contributed by atoms with Crippen molar-refractivity contribution in [3.8, 4) is 0 Å². The van der Waals surface area contributed by atoms with Crippen molar-refractivity contribution < 1.29 is 23.8 Å². The first-order valence-electron chi connectivity index (χ1n) is 7.28. The molecule has 1 saturated heterocycles. The van der Waals surface area contributed by atoms with E-state index in [4.69, 9.17) is 14.2 Å². The number of esters is 2. The molecule has 0 N–H and O–H groups in total. The molecule has 0 radical (unpaired) electrons. The van der Waals surface area contributed by atoms with Crippen LogP contribution in [0.1, 0.15) is 53.9 Å². The van der Waals surface area contributed by atoms with Gasteiger partial charge >= 0.3 is 11.9 Å². The minimum absolute atomic E-state index is 0.180. The molecule has 1 heterocycles. The van der Waals surface area contributed by atoms with Gasteiger partial charge in [-0.3, -0.25) is 4.79 Å². The van der Waals surface area contributed by atoms with Gasteiger partial charge in [0.1, 0.15) is 0 Å². The van der Waals surface area contributed by atoms with Crippen molar-refractivity contribution in [3.05, 3.63) is 0 Å². The predicted molar refractivity (Wildman–Crippen MR) is 74.2 cm³/mol. The van der Waals surface area contributed by atoms with Crippen molar-refractivity contribution in [2.75, 3.05) is 13.2 Å². The van der Waals surface area contributed by atoms with Crippen molar-refractivity contribution in [1.82, 2.24) is 0 Å². The molecule has 0 aromatic heterocycles. The summed E-state index contributed by atoms with van der Waals surface area (Å²) in [5.41, 5.74) is -1.49. The summed E-state index contributed by atoms with van der Waals surface area (Å²) >= 11 is 0. The average Bonchev–Trinajstić information content (AvgIpc) is 2.33. The van der Waals surface area contributed by atoms with Gasteiger partial charge in [-0.2, -0.15) is 0 Å². The van der Waals surface area contributed by atoms with Crippen molar-refractivity contribution in [2.24, 2.45) is 5.92 Å². The monoisotopic (exact) mass is 286 g/mol. The van der Waals surface area contributed by atoms with E-state index in [2.05, 4.69) is 0 Å². The van der Waals surface area contributed by atoms with Crippen molar-refractivity contribution in [1.29, 1.82) is 0 Å². The summed E-state index contributed by atoms with van der Waals surface area (Å²) in [7, 11) is 0. The van der Waals surface area contributed by atoms with Crippen LogP contribution in [0.5, 0.6) is 0 Å². The van der Waals surface area contributed by atoms with Gasteiger partial charge in [-0.05, 0) is 47.5 Å². The summed E-state index contributed by atoms with van der Waals surface area (Å²) in [4.78, 5) is 24.0. The maximum absolute atomic E-state index is 12.3. The van der Waals surface area contributed by atoms with Crippen LogP contribution >= 0.6 is 0 Å². The lowest BCUT2D eigenvalue weighted by molar-refractivity contribution is -0.220. The highest BCUT2D eigenvalue weighted by molar-refractivity contribution is 5.81. The van der Waals surface area contributed by atoms with Gasteiger partial charge in [0, 0.05) is 5.92 Å². The normalized spacial score (nSPS) is 28.8. The van der Waals surface area contributed by atoms with E-state index in [1.807, 2.05) is 13.8 Å². The number of carbonyl (C=O) groups excluding carboxylic acids is 2. The molecule has 0 saturated carbocycles. The largest absolute Gasteiger partial charge is 0.466 e. The van der Waals surface area contributed by atoms with Gasteiger partial charge in [0.2, 0.25) is 0 Å². The van der Waals surface area contributed by atoms with E-state index in [1.165, 1.54) is 0 Å². The van der Waals surface area contributed by atoms with Crippen LogP contribution in [0.15, 0.2) is 0 Å². The molecular formula is C15H26O5. The highest BCUT2D eigenvalue weighted by Gasteiger charge is 2.51. The van der Waals surface area contributed by atoms with Gasteiger partial charge in [0.05, 0.1) is 25.2 Å². The van der Waals surface area contributed by atoms with Crippen LogP contribution in [0.4, 0.5) is 0 Å². The topological polar surface area (TPSA) is 61.8 Å². The SMILES string of the molecule is CCOC(=O)C[C@H]1CCC(C)(C)O[C@]1(C)C(=O)OCC. The Morgan fingerprint density at radius 1 is 1.15 bits per heavy atom. The van der Waals surface area contributed by atoms with E-state index in [0.717, 1.165) is 12.8 Å². The Kier molecular flexibility index (Phi) is 5.57. The lowest BCUT2D eigenvalue weighted by Crippen LogP contribution is -2.55. The highest BCUT2D eigenvalue weighted by Crippen LogP contribution is 2.41. The summed E-state index contributed by atoms with van der Waals surface area (Å²) in [5, 5.41) is 0. The smallest absolute Gasteiger partial charge is 0.338 e. The molecule has 0 unspecified atom stereocenters. The molecular weight excluding hydrogens is 260 g/mol. The fourth-order valence-electron chi connectivity index (χ4n) is 2.71. The van der Waals surface area contributed by atoms with Gasteiger partial charge in [-0.15, -0.1) is 0 Å². The molecule has 1 aliphatic rings. The van der Waals surface area contributed by atoms with Crippen LogP contribution < -0.4 is 0 Å². The van der Waals surface area contributed by atoms with Crippen LogP contribution in [0, 0.1) is 5.92 Å². The molecule has 0 aromatic rings. The van der Waals surface area contributed by atoms with Gasteiger partial charge in [0.25, 0.3) is 0 Å². The first-order chi connectivity index (χ1) is 9.25. The van der Waals surface area contributed by atoms with E-state index < -0.39 is 17.2 Å². The fraction of sp³-hybridized carbons (Fsp3) is 0.867. The zero-order valence-electron chi connectivity index (χ0n) is 13.2. The minimum atomic E-state index is -1.09. The second-order valence-electron chi connectivity index (χ2n) is 5.93. The third-order valence-corrected chi connectivity index (χ3v) is 3.76. The maximum Gasteiger partial charge on any atom is 0.338 e. The zero-order chi connectivity index (χ0) is 15.4. The molecule has 0 aliphatic carbocycles. The molecule has 0 spiro atoms. The van der Waals surface area contributed by atoms with E-state index >= 15 is 0 Å². The molecule has 0 bridgehead atoms. The summed E-state index contributed by atoms with van der Waals surface area (Å²) in [5.74, 6) is -0.910. The Labute approximate surface area is 121 Å². The Morgan fingerprint density at radius 3 is 2.30 bits per heavy atom. The summed E-state index contributed by atoms with van der Waals surface area (Å²) in [6.45, 7) is 9.78. The summed E-state index contributed by atoms with van der Waals surface area (Å²) in [6.07, 6.45) is 1.71. The first kappa shape index (κ1) is 17.0. The van der Waals surface area contributed by atoms with Gasteiger partial charge in [-0.1, -0.05) is 0 Å². The van der Waals surface area contributed by atoms with Crippen LogP contribution in [-0.4, -0.2) is 36.4 Å². The van der Waals surface area contributed by atoms with E-state index in [0.29, 0.717) is 13.2 Å². The van der Waals surface area contributed by atoms with Crippen LogP contribution in [-0.2, 0) is 23.8 Å². The van der Waals surface area contributed by atoms with E-state index in [1.54, 1.807) is 20.8 Å². The summed E-state index contributed by atoms with van der Waals surface area (Å²) in [6, 6.07) is 0. The second kappa shape index (κ2) is 6.57. The predicted octanol–water partition coefficient (Wildman–Crippen LogP) is 2.47. The lowest BCUT2D eigenvalue weighted by atomic mass is 9.76. The Morgan fingerprint density at radius 2 is 1.75 bits per heavy atom. The molecule has 0 amide bonds. The number of hydrogen-bond donors (Lipinski definition) is 0. The van der Waals surface area contributed by atoms with Crippen LogP contribution in [0.25, 0.3) is 0 Å². The minimum Gasteiger partial charge on any atom is -0.466 e. The number of carbonyl (C=O) groups is 2. The van der Waals surface area contributed by atoms with Gasteiger partial charge in [0.15, 0.2) is 5.60 Å². The quantitative estimate of drug-likeness (QED) is 0.727. The Hall–Kier alpha value is -1.10. The van der Waals surface area contributed by atoms with Crippen molar-refractivity contribution >= 4 is 11.9 Å².